The Bertz CT molecular complexity index is 1320. The van der Waals surface area contributed by atoms with Gasteiger partial charge in [-0.1, -0.05) is 18.3 Å². The number of carbonyl (C=O) groups is 1. The number of nitrogens with one attached hydrogen (secondary N) is 1. The predicted octanol–water partition coefficient (Wildman–Crippen LogP) is 4.23. The third-order valence-corrected chi connectivity index (χ3v) is 5.75. The molecule has 0 radical (unpaired) electrons. The molecule has 1 unspecified atom stereocenters. The molecule has 1 aromatic heterocycles. The monoisotopic (exact) mass is 538 g/mol. The molecule has 0 aliphatic heterocycles. The maximum atomic E-state index is 14.3. The highest BCUT2D eigenvalue weighted by Crippen LogP contribution is 2.36. The summed E-state index contributed by atoms with van der Waals surface area (Å²) in [6, 6.07) is 5.55. The second-order valence-corrected chi connectivity index (χ2v) is 8.74. The molecule has 196 valence electrons. The summed E-state index contributed by atoms with van der Waals surface area (Å²) >= 11 is 4.96. The fourth-order valence-electron chi connectivity index (χ4n) is 3.47. The minimum atomic E-state index is -3.05. The van der Waals surface area contributed by atoms with Crippen LogP contribution in [0.1, 0.15) is 40.7 Å². The van der Waals surface area contributed by atoms with E-state index in [-0.39, 0.29) is 45.9 Å². The number of aromatic nitrogens is 1. The van der Waals surface area contributed by atoms with Gasteiger partial charge in [-0.25, -0.2) is 13.8 Å². The van der Waals surface area contributed by atoms with Gasteiger partial charge in [0, 0.05) is 17.2 Å². The number of thiocarbonyl (C=S) groups is 1. The molecule has 1 saturated carbocycles. The molecule has 4 rings (SSSR count). The first-order valence-electron chi connectivity index (χ1n) is 11.1. The number of rotatable bonds is 11. The summed E-state index contributed by atoms with van der Waals surface area (Å²) in [4.78, 5) is 17.0. The lowest BCUT2D eigenvalue weighted by Crippen LogP contribution is -2.37. The van der Waals surface area contributed by atoms with Crippen molar-refractivity contribution in [1.82, 2.24) is 10.3 Å². The van der Waals surface area contributed by atoms with Crippen LogP contribution in [0.4, 0.5) is 17.6 Å². The van der Waals surface area contributed by atoms with Crippen molar-refractivity contribution >= 4 is 23.1 Å². The van der Waals surface area contributed by atoms with E-state index < -0.39 is 30.2 Å². The average molecular weight is 539 g/mol. The number of ether oxygens (including phenoxy) is 2. The second-order valence-electron chi connectivity index (χ2n) is 8.26. The van der Waals surface area contributed by atoms with Crippen molar-refractivity contribution in [3.05, 3.63) is 65.1 Å². The highest BCUT2D eigenvalue weighted by Gasteiger charge is 2.27. The SMILES string of the molecule is NCc1oc(-c2ccc(OC(F)F)c(OCC3CC3)c2)nc1C(=O)NC(C(N)=S)c1ccc(F)cc1F. The molecule has 2 aromatic carbocycles. The van der Waals surface area contributed by atoms with E-state index in [1.165, 1.54) is 18.2 Å². The zero-order valence-corrected chi connectivity index (χ0v) is 20.0. The quantitative estimate of drug-likeness (QED) is 0.245. The first-order valence-corrected chi connectivity index (χ1v) is 11.5. The smallest absolute Gasteiger partial charge is 0.387 e. The Morgan fingerprint density at radius 2 is 1.95 bits per heavy atom. The number of amides is 1. The lowest BCUT2D eigenvalue weighted by Gasteiger charge is -2.18. The third kappa shape index (κ3) is 6.35. The molecule has 1 aliphatic rings. The topological polar surface area (TPSA) is 126 Å². The Hall–Kier alpha value is -3.71. The van der Waals surface area contributed by atoms with Gasteiger partial charge in [-0.15, -0.1) is 0 Å². The largest absolute Gasteiger partial charge is 0.489 e. The highest BCUT2D eigenvalue weighted by molar-refractivity contribution is 7.80. The maximum absolute atomic E-state index is 14.3. The molecule has 1 heterocycles. The van der Waals surface area contributed by atoms with Crippen molar-refractivity contribution in [1.29, 1.82) is 0 Å². The van der Waals surface area contributed by atoms with Crippen LogP contribution in [-0.4, -0.2) is 29.1 Å². The van der Waals surface area contributed by atoms with Gasteiger partial charge in [0.1, 0.15) is 22.7 Å². The van der Waals surface area contributed by atoms with E-state index in [9.17, 15) is 22.4 Å². The van der Waals surface area contributed by atoms with E-state index in [4.69, 9.17) is 32.8 Å². The summed E-state index contributed by atoms with van der Waals surface area (Å²) in [5.41, 5.74) is 11.4. The van der Waals surface area contributed by atoms with Crippen LogP contribution < -0.4 is 26.3 Å². The number of hydrogen-bond acceptors (Lipinski definition) is 7. The molecule has 5 N–H and O–H groups in total. The lowest BCUT2D eigenvalue weighted by atomic mass is 10.1. The average Bonchev–Trinajstić information content (AvgIpc) is 3.57. The Kier molecular flexibility index (Phi) is 7.93. The van der Waals surface area contributed by atoms with Crippen molar-refractivity contribution < 1.29 is 36.2 Å². The molecular weight excluding hydrogens is 516 g/mol. The third-order valence-electron chi connectivity index (χ3n) is 5.51. The number of benzene rings is 2. The van der Waals surface area contributed by atoms with E-state index in [0.29, 0.717) is 24.2 Å². The Balaban J connectivity index is 1.62. The minimum Gasteiger partial charge on any atom is -0.489 e. The van der Waals surface area contributed by atoms with Gasteiger partial charge in [0.15, 0.2) is 23.0 Å². The van der Waals surface area contributed by atoms with Crippen molar-refractivity contribution in [3.8, 4) is 23.0 Å². The first-order chi connectivity index (χ1) is 17.7. The van der Waals surface area contributed by atoms with Crippen LogP contribution in [0.3, 0.4) is 0 Å². The fraction of sp³-hybridized carbons (Fsp3) is 0.292. The molecule has 13 heteroatoms. The van der Waals surface area contributed by atoms with E-state index in [1.54, 1.807) is 0 Å². The van der Waals surface area contributed by atoms with Crippen LogP contribution in [-0.2, 0) is 6.54 Å². The Morgan fingerprint density at radius 3 is 2.57 bits per heavy atom. The highest BCUT2D eigenvalue weighted by atomic mass is 32.1. The predicted molar refractivity (Wildman–Crippen MR) is 128 cm³/mol. The van der Waals surface area contributed by atoms with E-state index in [1.807, 2.05) is 0 Å². The molecule has 0 bridgehead atoms. The normalized spacial score (nSPS) is 13.9. The van der Waals surface area contributed by atoms with Crippen LogP contribution in [0.25, 0.3) is 11.5 Å². The van der Waals surface area contributed by atoms with Crippen molar-refractivity contribution in [2.24, 2.45) is 17.4 Å². The van der Waals surface area contributed by atoms with Crippen molar-refractivity contribution in [2.75, 3.05) is 6.61 Å². The van der Waals surface area contributed by atoms with Gasteiger partial charge in [0.2, 0.25) is 5.89 Å². The van der Waals surface area contributed by atoms with E-state index >= 15 is 0 Å². The number of nitrogens with zero attached hydrogens (tertiary/aromatic N) is 1. The fourth-order valence-corrected chi connectivity index (χ4v) is 3.65. The van der Waals surface area contributed by atoms with Crippen molar-refractivity contribution in [3.63, 3.8) is 0 Å². The molecule has 0 spiro atoms. The first kappa shape index (κ1) is 26.4. The number of nitrogens with two attached hydrogens (primary N) is 2. The van der Waals surface area contributed by atoms with Gasteiger partial charge in [-0.3, -0.25) is 4.79 Å². The van der Waals surface area contributed by atoms with Crippen LogP contribution in [0.2, 0.25) is 0 Å². The number of hydrogen-bond donors (Lipinski definition) is 3. The Labute approximate surface area is 213 Å². The number of carbonyl (C=O) groups excluding carboxylic acids is 1. The molecule has 1 aliphatic carbocycles. The summed E-state index contributed by atoms with van der Waals surface area (Å²) in [5.74, 6) is -2.43. The van der Waals surface area contributed by atoms with Gasteiger partial charge in [0.25, 0.3) is 5.91 Å². The molecular formula is C24H22F4N4O4S. The van der Waals surface area contributed by atoms with Crippen molar-refractivity contribution in [2.45, 2.75) is 32.0 Å². The zero-order chi connectivity index (χ0) is 26.7. The Morgan fingerprint density at radius 1 is 1.19 bits per heavy atom. The molecule has 1 amide bonds. The zero-order valence-electron chi connectivity index (χ0n) is 19.2. The summed E-state index contributed by atoms with van der Waals surface area (Å²) < 4.78 is 69.1. The summed E-state index contributed by atoms with van der Waals surface area (Å²) in [7, 11) is 0. The summed E-state index contributed by atoms with van der Waals surface area (Å²) in [5, 5.41) is 2.46. The van der Waals surface area contributed by atoms with Gasteiger partial charge < -0.3 is 30.7 Å². The van der Waals surface area contributed by atoms with Gasteiger partial charge in [0.05, 0.1) is 13.2 Å². The summed E-state index contributed by atoms with van der Waals surface area (Å²) in [6.45, 7) is -2.95. The van der Waals surface area contributed by atoms with E-state index in [0.717, 1.165) is 25.0 Å². The van der Waals surface area contributed by atoms with E-state index in [2.05, 4.69) is 15.0 Å². The number of alkyl halides is 2. The van der Waals surface area contributed by atoms with Crippen LogP contribution >= 0.6 is 12.2 Å². The molecule has 8 nitrogen and oxygen atoms in total. The lowest BCUT2D eigenvalue weighted by molar-refractivity contribution is -0.0515. The van der Waals surface area contributed by atoms with Crippen LogP contribution in [0.5, 0.6) is 11.5 Å². The van der Waals surface area contributed by atoms with Gasteiger partial charge in [-0.2, -0.15) is 8.78 Å². The maximum Gasteiger partial charge on any atom is 0.387 e. The summed E-state index contributed by atoms with van der Waals surface area (Å²) in [6.07, 6.45) is 1.97. The number of halogens is 4. The minimum absolute atomic E-state index is 0.0119. The van der Waals surface area contributed by atoms with Crippen LogP contribution in [0, 0.1) is 17.6 Å². The molecule has 1 atom stereocenters. The van der Waals surface area contributed by atoms with Gasteiger partial charge in [-0.05, 0) is 43.0 Å². The second kappa shape index (κ2) is 11.1. The van der Waals surface area contributed by atoms with Crippen LogP contribution in [0.15, 0.2) is 40.8 Å². The standard InChI is InChI=1S/C24H22F4N4O4S/c25-13-4-5-14(15(26)8-13)19(21(30)37)31-22(33)20-18(9-29)35-23(32-20)12-3-6-16(36-24(27)28)17(7-12)34-10-11-1-2-11/h3-8,11,19,24H,1-2,9-10,29H2,(H2,30,37)(H,31,33). The molecule has 1 fully saturated rings. The molecule has 3 aromatic rings. The molecule has 37 heavy (non-hydrogen) atoms. The van der Waals surface area contributed by atoms with Gasteiger partial charge >= 0.3 is 6.61 Å². The number of oxazole rings is 1. The molecule has 0 saturated heterocycles.